The molecule has 0 aliphatic rings. The van der Waals surface area contributed by atoms with E-state index in [9.17, 15) is 9.59 Å². The van der Waals surface area contributed by atoms with Crippen molar-refractivity contribution in [3.63, 3.8) is 0 Å². The number of amides is 1. The number of aromatic carboxylic acids is 1. The van der Waals surface area contributed by atoms with Crippen LogP contribution in [0.15, 0.2) is 48.7 Å². The minimum atomic E-state index is -1.10. The largest absolute Gasteiger partial charge is 0.497 e. The van der Waals surface area contributed by atoms with Crippen LogP contribution in [0.4, 0.5) is 5.13 Å². The summed E-state index contributed by atoms with van der Waals surface area (Å²) in [5, 5.41) is 11.8. The van der Waals surface area contributed by atoms with Crippen LogP contribution in [0.1, 0.15) is 50.9 Å². The SMILES string of the molecule is COc1ccc(OCc2ccc(C(C)C)cc2)c(C(=O)Nc2ncc(C(=O)O)s2)c1. The Morgan fingerprint density at radius 2 is 1.90 bits per heavy atom. The monoisotopic (exact) mass is 426 g/mol. The van der Waals surface area contributed by atoms with Crippen molar-refractivity contribution in [1.82, 2.24) is 4.98 Å². The van der Waals surface area contributed by atoms with E-state index in [1.165, 1.54) is 18.9 Å². The summed E-state index contributed by atoms with van der Waals surface area (Å²) in [6.07, 6.45) is 1.20. The highest BCUT2D eigenvalue weighted by molar-refractivity contribution is 7.17. The maximum Gasteiger partial charge on any atom is 0.347 e. The third-order valence-corrected chi connectivity index (χ3v) is 5.31. The number of hydrogen-bond donors (Lipinski definition) is 2. The number of carbonyl (C=O) groups excluding carboxylic acids is 1. The molecule has 3 aromatic rings. The quantitative estimate of drug-likeness (QED) is 0.537. The highest BCUT2D eigenvalue weighted by Crippen LogP contribution is 2.27. The molecule has 8 heteroatoms. The van der Waals surface area contributed by atoms with Crippen molar-refractivity contribution < 1.29 is 24.2 Å². The Morgan fingerprint density at radius 1 is 1.17 bits per heavy atom. The normalized spacial score (nSPS) is 10.7. The van der Waals surface area contributed by atoms with Crippen LogP contribution in [0.5, 0.6) is 11.5 Å². The molecule has 1 aromatic heterocycles. The maximum atomic E-state index is 12.8. The van der Waals surface area contributed by atoms with E-state index >= 15 is 0 Å². The zero-order chi connectivity index (χ0) is 21.7. The number of nitrogens with zero attached hydrogens (tertiary/aromatic N) is 1. The van der Waals surface area contributed by atoms with Gasteiger partial charge in [-0.15, -0.1) is 0 Å². The molecular formula is C22H22N2O5S. The number of anilines is 1. The van der Waals surface area contributed by atoms with Gasteiger partial charge in [0.25, 0.3) is 5.91 Å². The predicted molar refractivity (Wildman–Crippen MR) is 115 cm³/mol. The van der Waals surface area contributed by atoms with Crippen LogP contribution in [0.2, 0.25) is 0 Å². The first-order chi connectivity index (χ1) is 14.4. The van der Waals surface area contributed by atoms with Gasteiger partial charge in [-0.2, -0.15) is 0 Å². The fraction of sp³-hybridized carbons (Fsp3) is 0.227. The lowest BCUT2D eigenvalue weighted by Gasteiger charge is -2.13. The van der Waals surface area contributed by atoms with Crippen LogP contribution in [-0.4, -0.2) is 29.1 Å². The molecule has 0 atom stereocenters. The van der Waals surface area contributed by atoms with Crippen molar-refractivity contribution >= 4 is 28.3 Å². The number of hydrogen-bond acceptors (Lipinski definition) is 6. The highest BCUT2D eigenvalue weighted by Gasteiger charge is 2.17. The summed E-state index contributed by atoms with van der Waals surface area (Å²) < 4.78 is 11.1. The molecule has 0 radical (unpaired) electrons. The van der Waals surface area contributed by atoms with Crippen LogP contribution in [0.3, 0.4) is 0 Å². The van der Waals surface area contributed by atoms with Gasteiger partial charge in [-0.25, -0.2) is 9.78 Å². The van der Waals surface area contributed by atoms with Gasteiger partial charge in [0.15, 0.2) is 5.13 Å². The molecule has 0 bridgehead atoms. The van der Waals surface area contributed by atoms with Gasteiger partial charge in [-0.1, -0.05) is 49.4 Å². The van der Waals surface area contributed by atoms with Crippen LogP contribution in [-0.2, 0) is 6.61 Å². The van der Waals surface area contributed by atoms with Gasteiger partial charge in [0.2, 0.25) is 0 Å². The first kappa shape index (κ1) is 21.3. The van der Waals surface area contributed by atoms with Crippen molar-refractivity contribution in [2.75, 3.05) is 12.4 Å². The Morgan fingerprint density at radius 3 is 2.50 bits per heavy atom. The van der Waals surface area contributed by atoms with E-state index in [2.05, 4.69) is 36.3 Å². The molecule has 0 aliphatic heterocycles. The summed E-state index contributed by atoms with van der Waals surface area (Å²) >= 11 is 0.879. The van der Waals surface area contributed by atoms with Gasteiger partial charge in [-0.05, 0) is 35.2 Å². The maximum absolute atomic E-state index is 12.8. The van der Waals surface area contributed by atoms with Crippen molar-refractivity contribution in [3.8, 4) is 11.5 Å². The highest BCUT2D eigenvalue weighted by atomic mass is 32.1. The molecule has 30 heavy (non-hydrogen) atoms. The molecule has 1 heterocycles. The smallest absolute Gasteiger partial charge is 0.347 e. The van der Waals surface area contributed by atoms with Crippen LogP contribution in [0.25, 0.3) is 0 Å². The van der Waals surface area contributed by atoms with E-state index in [1.807, 2.05) is 12.1 Å². The van der Waals surface area contributed by atoms with Crippen molar-refractivity contribution in [2.45, 2.75) is 26.4 Å². The number of ether oxygens (including phenoxy) is 2. The second-order valence-electron chi connectivity index (χ2n) is 6.84. The van der Waals surface area contributed by atoms with E-state index < -0.39 is 11.9 Å². The second-order valence-corrected chi connectivity index (χ2v) is 7.87. The number of carbonyl (C=O) groups is 2. The molecule has 156 valence electrons. The lowest BCUT2D eigenvalue weighted by Crippen LogP contribution is -2.14. The van der Waals surface area contributed by atoms with E-state index in [0.29, 0.717) is 24.0 Å². The summed E-state index contributed by atoms with van der Waals surface area (Å²) in [6.45, 7) is 4.57. The number of nitrogens with one attached hydrogen (secondary N) is 1. The minimum absolute atomic E-state index is 0.0391. The summed E-state index contributed by atoms with van der Waals surface area (Å²) in [7, 11) is 1.51. The number of rotatable bonds is 8. The standard InChI is InChI=1S/C22H22N2O5S/c1-13(2)15-6-4-14(5-7-15)12-29-18-9-8-16(28-3)10-17(18)20(25)24-22-23-11-19(30-22)21(26)27/h4-11,13H,12H2,1-3H3,(H,26,27)(H,23,24,25). The molecule has 0 saturated heterocycles. The number of benzene rings is 2. The third-order valence-electron chi connectivity index (χ3n) is 4.41. The van der Waals surface area contributed by atoms with Gasteiger partial charge in [0.05, 0.1) is 18.9 Å². The molecule has 7 nitrogen and oxygen atoms in total. The van der Waals surface area contributed by atoms with E-state index in [1.54, 1.807) is 18.2 Å². The Balaban J connectivity index is 1.77. The fourth-order valence-electron chi connectivity index (χ4n) is 2.69. The first-order valence-electron chi connectivity index (χ1n) is 9.27. The van der Waals surface area contributed by atoms with Gasteiger partial charge in [0.1, 0.15) is 23.0 Å². The lowest BCUT2D eigenvalue weighted by molar-refractivity contribution is 0.0701. The Bertz CT molecular complexity index is 1040. The summed E-state index contributed by atoms with van der Waals surface area (Å²) in [6, 6.07) is 13.1. The van der Waals surface area contributed by atoms with Crippen molar-refractivity contribution in [1.29, 1.82) is 0 Å². The molecule has 3 rings (SSSR count). The fourth-order valence-corrected chi connectivity index (χ4v) is 3.34. The molecule has 0 aliphatic carbocycles. The van der Waals surface area contributed by atoms with E-state index in [4.69, 9.17) is 14.6 Å². The van der Waals surface area contributed by atoms with Gasteiger partial charge >= 0.3 is 5.97 Å². The third kappa shape index (κ3) is 5.15. The molecule has 0 unspecified atom stereocenters. The number of carboxylic acids is 1. The topological polar surface area (TPSA) is 97.8 Å². The number of aromatic nitrogens is 1. The molecule has 2 aromatic carbocycles. The zero-order valence-electron chi connectivity index (χ0n) is 16.8. The molecule has 0 spiro atoms. The van der Waals surface area contributed by atoms with Crippen LogP contribution in [0, 0.1) is 0 Å². The van der Waals surface area contributed by atoms with Crippen LogP contribution < -0.4 is 14.8 Å². The average Bonchev–Trinajstić information content (AvgIpc) is 3.21. The lowest BCUT2D eigenvalue weighted by atomic mass is 10.0. The van der Waals surface area contributed by atoms with Crippen LogP contribution >= 0.6 is 11.3 Å². The molecule has 1 amide bonds. The molecular weight excluding hydrogens is 404 g/mol. The van der Waals surface area contributed by atoms with E-state index in [-0.39, 0.29) is 15.6 Å². The van der Waals surface area contributed by atoms with Gasteiger partial charge in [-0.3, -0.25) is 10.1 Å². The Labute approximate surface area is 178 Å². The summed E-state index contributed by atoms with van der Waals surface area (Å²) in [4.78, 5) is 27.8. The molecule has 0 saturated carbocycles. The number of carboxylic acid groups (broad SMARTS) is 1. The van der Waals surface area contributed by atoms with Crippen molar-refractivity contribution in [2.24, 2.45) is 0 Å². The number of methoxy groups -OCH3 is 1. The van der Waals surface area contributed by atoms with Gasteiger partial charge < -0.3 is 14.6 Å². The molecule has 0 fully saturated rings. The Kier molecular flexibility index (Phi) is 6.68. The summed E-state index contributed by atoms with van der Waals surface area (Å²) in [5.74, 6) is -0.230. The molecule has 2 N–H and O–H groups in total. The number of thiazole rings is 1. The zero-order valence-corrected chi connectivity index (χ0v) is 17.7. The average molecular weight is 426 g/mol. The first-order valence-corrected chi connectivity index (χ1v) is 10.1. The Hall–Kier alpha value is -3.39. The minimum Gasteiger partial charge on any atom is -0.497 e. The van der Waals surface area contributed by atoms with Crippen molar-refractivity contribution in [3.05, 3.63) is 70.2 Å². The summed E-state index contributed by atoms with van der Waals surface area (Å²) in [5.41, 5.74) is 2.49. The van der Waals surface area contributed by atoms with E-state index in [0.717, 1.165) is 16.9 Å². The predicted octanol–water partition coefficient (Wildman–Crippen LogP) is 4.80. The van der Waals surface area contributed by atoms with Gasteiger partial charge in [0, 0.05) is 0 Å². The second kappa shape index (κ2) is 9.41.